The highest BCUT2D eigenvalue weighted by molar-refractivity contribution is 9.11. The van der Waals surface area contributed by atoms with Gasteiger partial charge in [0.2, 0.25) is 0 Å². The lowest BCUT2D eigenvalue weighted by Gasteiger charge is -2.25. The molecule has 1 atom stereocenters. The molecule has 1 aromatic heterocycles. The first-order valence-electron chi connectivity index (χ1n) is 7.58. The number of pyridine rings is 1. The minimum absolute atomic E-state index is 0.125. The van der Waals surface area contributed by atoms with Crippen molar-refractivity contribution >= 4 is 38.0 Å². The van der Waals surface area contributed by atoms with Gasteiger partial charge in [0.15, 0.2) is 0 Å². The van der Waals surface area contributed by atoms with Gasteiger partial charge in [-0.25, -0.2) is 4.79 Å². The Bertz CT molecular complexity index is 531. The number of carbonyl (C=O) groups is 1. The van der Waals surface area contributed by atoms with E-state index in [9.17, 15) is 4.79 Å². The molecule has 5 nitrogen and oxygen atoms in total. The number of carbonyl (C=O) groups excluding carboxylic acids is 1. The number of halogens is 2. The summed E-state index contributed by atoms with van der Waals surface area (Å²) in [5, 5.41) is 6.25. The Morgan fingerprint density at radius 3 is 2.52 bits per heavy atom. The average Bonchev–Trinajstić information content (AvgIpc) is 2.38. The molecule has 130 valence electrons. The maximum Gasteiger partial charge on any atom is 0.407 e. The van der Waals surface area contributed by atoms with Crippen molar-refractivity contribution in [2.75, 3.05) is 6.54 Å². The fourth-order valence-corrected chi connectivity index (χ4v) is 2.98. The summed E-state index contributed by atoms with van der Waals surface area (Å²) < 4.78 is 7.14. The van der Waals surface area contributed by atoms with E-state index in [-0.39, 0.29) is 6.04 Å². The van der Waals surface area contributed by atoms with E-state index in [0.29, 0.717) is 19.0 Å². The maximum atomic E-state index is 11.8. The molecule has 1 amide bonds. The number of aromatic nitrogens is 1. The molecule has 1 unspecified atom stereocenters. The number of rotatable bonds is 6. The zero-order chi connectivity index (χ0) is 17.6. The SMILES string of the molecule is CC(C)C(CNC(=O)OC(C)(C)C)NCc1ncc(Br)cc1Br. The van der Waals surface area contributed by atoms with E-state index in [1.165, 1.54) is 0 Å². The lowest BCUT2D eigenvalue weighted by molar-refractivity contribution is 0.0519. The van der Waals surface area contributed by atoms with Crippen LogP contribution in [0, 0.1) is 5.92 Å². The lowest BCUT2D eigenvalue weighted by atomic mass is 10.0. The lowest BCUT2D eigenvalue weighted by Crippen LogP contribution is -2.45. The van der Waals surface area contributed by atoms with E-state index in [2.05, 4.69) is 61.3 Å². The Morgan fingerprint density at radius 1 is 1.35 bits per heavy atom. The number of hydrogen-bond donors (Lipinski definition) is 2. The Labute approximate surface area is 155 Å². The van der Waals surface area contributed by atoms with Crippen LogP contribution in [0.1, 0.15) is 40.3 Å². The molecule has 0 bridgehead atoms. The highest BCUT2D eigenvalue weighted by atomic mass is 79.9. The molecule has 23 heavy (non-hydrogen) atoms. The quantitative estimate of drug-likeness (QED) is 0.680. The monoisotopic (exact) mass is 449 g/mol. The number of ether oxygens (including phenoxy) is 1. The summed E-state index contributed by atoms with van der Waals surface area (Å²) >= 11 is 6.90. The fourth-order valence-electron chi connectivity index (χ4n) is 1.85. The molecule has 1 aromatic rings. The van der Waals surface area contributed by atoms with E-state index >= 15 is 0 Å². The second-order valence-corrected chi connectivity index (χ2v) is 8.47. The highest BCUT2D eigenvalue weighted by Gasteiger charge is 2.19. The van der Waals surface area contributed by atoms with Gasteiger partial charge in [-0.3, -0.25) is 4.98 Å². The van der Waals surface area contributed by atoms with Crippen molar-refractivity contribution in [3.8, 4) is 0 Å². The number of nitrogens with zero attached hydrogens (tertiary/aromatic N) is 1. The van der Waals surface area contributed by atoms with Crippen LogP contribution in [0.15, 0.2) is 21.2 Å². The molecule has 0 aliphatic carbocycles. The standard InChI is InChI=1S/C16H25Br2N3O2/c1-10(2)13(8-21-15(22)23-16(3,4)5)20-9-14-12(18)6-11(17)7-19-14/h6-7,10,13,20H,8-9H2,1-5H3,(H,21,22). The molecule has 2 N–H and O–H groups in total. The predicted octanol–water partition coefficient (Wildman–Crippen LogP) is 4.25. The van der Waals surface area contributed by atoms with Crippen LogP contribution in [-0.4, -0.2) is 29.3 Å². The van der Waals surface area contributed by atoms with Crippen molar-refractivity contribution in [1.29, 1.82) is 0 Å². The van der Waals surface area contributed by atoms with E-state index in [4.69, 9.17) is 4.74 Å². The van der Waals surface area contributed by atoms with Crippen molar-refractivity contribution in [1.82, 2.24) is 15.6 Å². The second kappa shape index (κ2) is 8.99. The molecule has 0 fully saturated rings. The van der Waals surface area contributed by atoms with E-state index < -0.39 is 11.7 Å². The van der Waals surface area contributed by atoms with Crippen LogP contribution in [0.3, 0.4) is 0 Å². The van der Waals surface area contributed by atoms with Gasteiger partial charge >= 0.3 is 6.09 Å². The predicted molar refractivity (Wildman–Crippen MR) is 99.3 cm³/mol. The van der Waals surface area contributed by atoms with Gasteiger partial charge in [0.1, 0.15) is 5.60 Å². The molecule has 7 heteroatoms. The van der Waals surface area contributed by atoms with E-state index in [1.54, 1.807) is 6.20 Å². The zero-order valence-electron chi connectivity index (χ0n) is 14.2. The summed E-state index contributed by atoms with van der Waals surface area (Å²) in [6.45, 7) is 10.9. The van der Waals surface area contributed by atoms with Crippen LogP contribution in [0.5, 0.6) is 0 Å². The summed E-state index contributed by atoms with van der Waals surface area (Å²) in [5.74, 6) is 0.360. The van der Waals surface area contributed by atoms with Crippen molar-refractivity contribution < 1.29 is 9.53 Å². The van der Waals surface area contributed by atoms with Gasteiger partial charge in [-0.2, -0.15) is 0 Å². The summed E-state index contributed by atoms with van der Waals surface area (Å²) in [7, 11) is 0. The van der Waals surface area contributed by atoms with Crippen molar-refractivity contribution in [3.63, 3.8) is 0 Å². The normalized spacial score (nSPS) is 13.0. The Morgan fingerprint density at radius 2 is 2.00 bits per heavy atom. The Balaban J connectivity index is 2.54. The first kappa shape index (κ1) is 20.4. The number of amides is 1. The smallest absolute Gasteiger partial charge is 0.407 e. The molecule has 1 rings (SSSR count). The molecule has 0 radical (unpaired) electrons. The summed E-state index contributed by atoms with van der Waals surface area (Å²) in [4.78, 5) is 16.1. The minimum atomic E-state index is -0.489. The van der Waals surface area contributed by atoms with Gasteiger partial charge in [-0.15, -0.1) is 0 Å². The van der Waals surface area contributed by atoms with Crippen molar-refractivity contribution in [2.45, 2.75) is 52.8 Å². The van der Waals surface area contributed by atoms with Gasteiger partial charge < -0.3 is 15.4 Å². The maximum absolute atomic E-state index is 11.8. The Kier molecular flexibility index (Phi) is 7.97. The highest BCUT2D eigenvalue weighted by Crippen LogP contribution is 2.19. The van der Waals surface area contributed by atoms with Gasteiger partial charge in [0, 0.05) is 34.3 Å². The third-order valence-electron chi connectivity index (χ3n) is 3.09. The zero-order valence-corrected chi connectivity index (χ0v) is 17.4. The summed E-state index contributed by atoms with van der Waals surface area (Å²) in [5.41, 5.74) is 0.438. The van der Waals surface area contributed by atoms with Crippen molar-refractivity contribution in [2.24, 2.45) is 5.92 Å². The van der Waals surface area contributed by atoms with Gasteiger partial charge in [0.25, 0.3) is 0 Å². The molecular formula is C16H25Br2N3O2. The number of nitrogens with one attached hydrogen (secondary N) is 2. The van der Waals surface area contributed by atoms with E-state index in [1.807, 2.05) is 26.8 Å². The van der Waals surface area contributed by atoms with Crippen LogP contribution in [-0.2, 0) is 11.3 Å². The molecule has 0 aliphatic rings. The third kappa shape index (κ3) is 8.13. The van der Waals surface area contributed by atoms with Crippen molar-refractivity contribution in [3.05, 3.63) is 26.9 Å². The topological polar surface area (TPSA) is 63.2 Å². The number of alkyl carbamates (subject to hydrolysis) is 1. The van der Waals surface area contributed by atoms with Gasteiger partial charge in [-0.05, 0) is 64.6 Å². The molecule has 1 heterocycles. The van der Waals surface area contributed by atoms with Crippen LogP contribution in [0.2, 0.25) is 0 Å². The first-order valence-corrected chi connectivity index (χ1v) is 9.17. The van der Waals surface area contributed by atoms with Gasteiger partial charge in [0.05, 0.1) is 5.69 Å². The van der Waals surface area contributed by atoms with Crippen LogP contribution >= 0.6 is 31.9 Å². The van der Waals surface area contributed by atoms with Crippen LogP contribution in [0.25, 0.3) is 0 Å². The summed E-state index contributed by atoms with van der Waals surface area (Å²) in [6, 6.07) is 2.09. The van der Waals surface area contributed by atoms with Gasteiger partial charge in [-0.1, -0.05) is 13.8 Å². The van der Waals surface area contributed by atoms with E-state index in [0.717, 1.165) is 14.6 Å². The molecule has 0 aliphatic heterocycles. The van der Waals surface area contributed by atoms with Crippen LogP contribution < -0.4 is 10.6 Å². The first-order chi connectivity index (χ1) is 10.6. The minimum Gasteiger partial charge on any atom is -0.444 e. The molecule has 0 saturated carbocycles. The summed E-state index contributed by atoms with van der Waals surface area (Å²) in [6.07, 6.45) is 1.37. The molecular weight excluding hydrogens is 426 g/mol. The Hall–Kier alpha value is -0.660. The number of hydrogen-bond acceptors (Lipinski definition) is 4. The second-order valence-electron chi connectivity index (χ2n) is 6.70. The molecule has 0 spiro atoms. The third-order valence-corrected chi connectivity index (χ3v) is 4.21. The molecule has 0 saturated heterocycles. The largest absolute Gasteiger partial charge is 0.444 e. The average molecular weight is 451 g/mol. The van der Waals surface area contributed by atoms with Crippen LogP contribution in [0.4, 0.5) is 4.79 Å². The fraction of sp³-hybridized carbons (Fsp3) is 0.625. The molecule has 0 aromatic carbocycles.